The molecule has 1 saturated heterocycles. The fourth-order valence-corrected chi connectivity index (χ4v) is 8.07. The highest BCUT2D eigenvalue weighted by Crippen LogP contribution is 2.69. The molecule has 9 atom stereocenters. The van der Waals surface area contributed by atoms with Crippen LogP contribution in [0.3, 0.4) is 0 Å². The van der Waals surface area contributed by atoms with Crippen molar-refractivity contribution >= 4 is 0 Å². The first kappa shape index (κ1) is 17.7. The summed E-state index contributed by atoms with van der Waals surface area (Å²) < 4.78 is 13.1. The van der Waals surface area contributed by atoms with Crippen LogP contribution in [-0.2, 0) is 9.47 Å². The summed E-state index contributed by atoms with van der Waals surface area (Å²) in [6.45, 7) is 13.6. The molecule has 5 fully saturated rings. The molecule has 0 spiro atoms. The third-order valence-electron chi connectivity index (χ3n) is 9.46. The van der Waals surface area contributed by atoms with Crippen molar-refractivity contribution in [2.24, 2.45) is 34.5 Å². The molecule has 146 valence electrons. The molecule has 3 nitrogen and oxygen atoms in total. The highest BCUT2D eigenvalue weighted by Gasteiger charge is 2.67. The minimum atomic E-state index is -0.503. The van der Waals surface area contributed by atoms with Crippen LogP contribution in [0.25, 0.3) is 0 Å². The van der Waals surface area contributed by atoms with Gasteiger partial charge in [-0.15, -0.1) is 0 Å². The third-order valence-corrected chi connectivity index (χ3v) is 9.46. The van der Waals surface area contributed by atoms with Gasteiger partial charge in [-0.05, 0) is 93.3 Å². The minimum Gasteiger partial charge on any atom is -0.393 e. The Hall–Kier alpha value is -0.380. The number of ether oxygens (including phenoxy) is 2. The zero-order chi connectivity index (χ0) is 18.5. The SMILES string of the molecule is C=C1CCC2C3C4OC(C)(C)O[C@@H]4C4CC(O)CCC4(C)C3CCC12C. The molecular weight excluding hydrogens is 324 g/mol. The molecule has 8 unspecified atom stereocenters. The normalized spacial score (nSPS) is 57.9. The van der Waals surface area contributed by atoms with E-state index in [1.54, 1.807) is 0 Å². The van der Waals surface area contributed by atoms with E-state index in [0.717, 1.165) is 19.3 Å². The molecule has 0 aromatic heterocycles. The van der Waals surface area contributed by atoms with E-state index in [0.29, 0.717) is 29.1 Å². The molecular formula is C23H36O3. The first-order chi connectivity index (χ1) is 12.2. The summed E-state index contributed by atoms with van der Waals surface area (Å²) in [6.07, 6.45) is 8.15. The second kappa shape index (κ2) is 5.36. The number of aliphatic hydroxyl groups is 1. The van der Waals surface area contributed by atoms with Crippen LogP contribution in [-0.4, -0.2) is 29.2 Å². The maximum Gasteiger partial charge on any atom is 0.163 e. The smallest absolute Gasteiger partial charge is 0.163 e. The number of hydrogen-bond donors (Lipinski definition) is 1. The Morgan fingerprint density at radius 2 is 1.65 bits per heavy atom. The van der Waals surface area contributed by atoms with Gasteiger partial charge in [0.25, 0.3) is 0 Å². The van der Waals surface area contributed by atoms with Gasteiger partial charge in [0.15, 0.2) is 5.79 Å². The van der Waals surface area contributed by atoms with Gasteiger partial charge in [-0.25, -0.2) is 0 Å². The molecule has 1 heterocycles. The molecule has 0 bridgehead atoms. The Morgan fingerprint density at radius 3 is 2.42 bits per heavy atom. The molecule has 3 heteroatoms. The van der Waals surface area contributed by atoms with Gasteiger partial charge < -0.3 is 14.6 Å². The van der Waals surface area contributed by atoms with Crippen molar-refractivity contribution in [3.05, 3.63) is 12.2 Å². The van der Waals surface area contributed by atoms with Crippen molar-refractivity contribution in [2.45, 2.75) is 96.7 Å². The van der Waals surface area contributed by atoms with Gasteiger partial charge >= 0.3 is 0 Å². The molecule has 5 aliphatic rings. The lowest BCUT2D eigenvalue weighted by atomic mass is 9.43. The van der Waals surface area contributed by atoms with Gasteiger partial charge in [0.2, 0.25) is 0 Å². The fourth-order valence-electron chi connectivity index (χ4n) is 8.07. The van der Waals surface area contributed by atoms with Crippen LogP contribution in [0.2, 0.25) is 0 Å². The van der Waals surface area contributed by atoms with E-state index in [1.165, 1.54) is 31.3 Å². The minimum absolute atomic E-state index is 0.141. The van der Waals surface area contributed by atoms with E-state index in [9.17, 15) is 5.11 Å². The van der Waals surface area contributed by atoms with Gasteiger partial charge in [-0.1, -0.05) is 26.0 Å². The molecule has 26 heavy (non-hydrogen) atoms. The Morgan fingerprint density at radius 1 is 0.923 bits per heavy atom. The lowest BCUT2D eigenvalue weighted by Crippen LogP contribution is -2.63. The molecule has 0 aromatic carbocycles. The van der Waals surface area contributed by atoms with Crippen LogP contribution in [0.15, 0.2) is 12.2 Å². The fraction of sp³-hybridized carbons (Fsp3) is 0.913. The Balaban J connectivity index is 1.59. The number of aliphatic hydroxyl groups excluding tert-OH is 1. The average Bonchev–Trinajstić information content (AvgIpc) is 3.05. The van der Waals surface area contributed by atoms with Gasteiger partial charge in [-0.2, -0.15) is 0 Å². The number of hydrogen-bond acceptors (Lipinski definition) is 3. The summed E-state index contributed by atoms with van der Waals surface area (Å²) in [5.74, 6) is 1.88. The second-order valence-electron chi connectivity index (χ2n) is 11.0. The van der Waals surface area contributed by atoms with Crippen LogP contribution in [0.1, 0.15) is 72.6 Å². The Labute approximate surface area is 158 Å². The number of rotatable bonds is 0. The average molecular weight is 361 g/mol. The first-order valence-corrected chi connectivity index (χ1v) is 10.9. The highest BCUT2D eigenvalue weighted by molar-refractivity contribution is 5.23. The standard InChI is InChI=1S/C23H36O3/c1-13-6-7-15-18-16(9-11-22(13,15)4)23(5)10-8-14(24)12-17(23)19-20(18)26-21(2,3)25-19/h14-20,24H,1,6-12H2,2-5H3/t14?,15?,16?,17?,18?,19-,20?,22?,23?/m1/s1. The quantitative estimate of drug-likeness (QED) is 0.637. The Kier molecular flexibility index (Phi) is 3.65. The van der Waals surface area contributed by atoms with E-state index >= 15 is 0 Å². The number of fused-ring (bicyclic) bond motifs is 8. The van der Waals surface area contributed by atoms with Crippen LogP contribution < -0.4 is 0 Å². The van der Waals surface area contributed by atoms with Crippen LogP contribution >= 0.6 is 0 Å². The molecule has 5 rings (SSSR count). The van der Waals surface area contributed by atoms with Crippen molar-refractivity contribution in [1.29, 1.82) is 0 Å². The summed E-state index contributed by atoms with van der Waals surface area (Å²) in [5.41, 5.74) is 2.04. The highest BCUT2D eigenvalue weighted by atomic mass is 16.8. The Bertz CT molecular complexity index is 627. The summed E-state index contributed by atoms with van der Waals surface area (Å²) in [4.78, 5) is 0. The van der Waals surface area contributed by atoms with Gasteiger partial charge in [0, 0.05) is 0 Å². The van der Waals surface area contributed by atoms with E-state index in [4.69, 9.17) is 9.47 Å². The summed E-state index contributed by atoms with van der Waals surface area (Å²) in [7, 11) is 0. The van der Waals surface area contributed by atoms with Gasteiger partial charge in [0.1, 0.15) is 0 Å². The lowest BCUT2D eigenvalue weighted by Gasteiger charge is -2.62. The van der Waals surface area contributed by atoms with Crippen molar-refractivity contribution in [2.75, 3.05) is 0 Å². The van der Waals surface area contributed by atoms with Gasteiger partial charge in [0.05, 0.1) is 18.3 Å². The molecule has 0 amide bonds. The first-order valence-electron chi connectivity index (χ1n) is 10.9. The molecule has 4 saturated carbocycles. The zero-order valence-electron chi connectivity index (χ0n) is 17.0. The predicted octanol–water partition coefficient (Wildman–Crippen LogP) is 4.69. The molecule has 1 aliphatic heterocycles. The molecule has 0 aromatic rings. The van der Waals surface area contributed by atoms with E-state index < -0.39 is 5.79 Å². The van der Waals surface area contributed by atoms with Gasteiger partial charge in [-0.3, -0.25) is 0 Å². The molecule has 0 radical (unpaired) electrons. The lowest BCUT2D eigenvalue weighted by molar-refractivity contribution is -0.182. The van der Waals surface area contributed by atoms with Crippen molar-refractivity contribution in [3.8, 4) is 0 Å². The molecule has 4 aliphatic carbocycles. The predicted molar refractivity (Wildman–Crippen MR) is 101 cm³/mol. The monoisotopic (exact) mass is 360 g/mol. The summed E-state index contributed by atoms with van der Waals surface area (Å²) >= 11 is 0. The topological polar surface area (TPSA) is 38.7 Å². The molecule has 1 N–H and O–H groups in total. The van der Waals surface area contributed by atoms with E-state index in [-0.39, 0.29) is 23.7 Å². The maximum atomic E-state index is 10.4. The van der Waals surface area contributed by atoms with E-state index in [2.05, 4.69) is 34.3 Å². The van der Waals surface area contributed by atoms with Crippen LogP contribution in [0.5, 0.6) is 0 Å². The second-order valence-corrected chi connectivity index (χ2v) is 11.0. The zero-order valence-corrected chi connectivity index (χ0v) is 17.0. The van der Waals surface area contributed by atoms with Crippen LogP contribution in [0, 0.1) is 34.5 Å². The van der Waals surface area contributed by atoms with Crippen molar-refractivity contribution in [3.63, 3.8) is 0 Å². The summed E-state index contributed by atoms with van der Waals surface area (Å²) in [5, 5.41) is 10.4. The third kappa shape index (κ3) is 2.17. The van der Waals surface area contributed by atoms with E-state index in [1.807, 2.05) is 0 Å². The maximum absolute atomic E-state index is 10.4. The number of allylic oxidation sites excluding steroid dienone is 1. The van der Waals surface area contributed by atoms with Crippen LogP contribution in [0.4, 0.5) is 0 Å². The largest absolute Gasteiger partial charge is 0.393 e. The summed E-state index contributed by atoms with van der Waals surface area (Å²) in [6, 6.07) is 0. The van der Waals surface area contributed by atoms with Crippen molar-refractivity contribution < 1.29 is 14.6 Å². The van der Waals surface area contributed by atoms with Crippen molar-refractivity contribution in [1.82, 2.24) is 0 Å².